The minimum Gasteiger partial charge on any atom is -0.338 e. The summed E-state index contributed by atoms with van der Waals surface area (Å²) in [5, 5.41) is 0. The van der Waals surface area contributed by atoms with Crippen LogP contribution in [0.25, 0.3) is 0 Å². The highest BCUT2D eigenvalue weighted by Gasteiger charge is 2.38. The molecule has 1 heterocycles. The molecule has 0 unspecified atom stereocenters. The topological polar surface area (TPSA) is 23.6 Å². The maximum atomic E-state index is 13.5. The van der Waals surface area contributed by atoms with Gasteiger partial charge in [0.2, 0.25) is 0 Å². The van der Waals surface area contributed by atoms with E-state index in [1.54, 1.807) is 17.0 Å². The molecule has 0 radical (unpaired) electrons. The van der Waals surface area contributed by atoms with Crippen LogP contribution >= 0.6 is 0 Å². The van der Waals surface area contributed by atoms with Crippen molar-refractivity contribution in [2.24, 2.45) is 11.8 Å². The van der Waals surface area contributed by atoms with Crippen LogP contribution in [0.5, 0.6) is 0 Å². The Bertz CT molecular complexity index is 1340. The molecule has 41 heavy (non-hydrogen) atoms. The molecule has 0 spiro atoms. The Kier molecular flexibility index (Phi) is 9.11. The first-order valence-electron chi connectivity index (χ1n) is 13.3. The molecule has 220 valence electrons. The molecular formula is C31H31F7N2O. The quantitative estimate of drug-likeness (QED) is 0.253. The predicted octanol–water partition coefficient (Wildman–Crippen LogP) is 7.88. The highest BCUT2D eigenvalue weighted by Crippen LogP contribution is 2.38. The maximum absolute atomic E-state index is 13.5. The van der Waals surface area contributed by atoms with E-state index >= 15 is 0 Å². The second-order valence-corrected chi connectivity index (χ2v) is 11.0. The van der Waals surface area contributed by atoms with Gasteiger partial charge in [0.25, 0.3) is 5.91 Å². The molecule has 0 bridgehead atoms. The van der Waals surface area contributed by atoms with Gasteiger partial charge in [-0.25, -0.2) is 4.39 Å². The Morgan fingerprint density at radius 2 is 1.49 bits per heavy atom. The highest BCUT2D eigenvalue weighted by atomic mass is 19.4. The van der Waals surface area contributed by atoms with Gasteiger partial charge in [-0.3, -0.25) is 9.69 Å². The molecule has 1 amide bonds. The lowest BCUT2D eigenvalue weighted by molar-refractivity contribution is -0.138. The Balaban J connectivity index is 1.64. The number of benzene rings is 3. The van der Waals surface area contributed by atoms with E-state index in [4.69, 9.17) is 0 Å². The molecule has 3 aromatic carbocycles. The van der Waals surface area contributed by atoms with Crippen molar-refractivity contribution in [3.05, 3.63) is 106 Å². The minimum absolute atomic E-state index is 0.0778. The van der Waals surface area contributed by atoms with Crippen LogP contribution in [0.1, 0.15) is 52.4 Å². The highest BCUT2D eigenvalue weighted by molar-refractivity contribution is 5.94. The van der Waals surface area contributed by atoms with Crippen molar-refractivity contribution in [3.8, 4) is 0 Å². The number of alkyl halides is 6. The number of hydrogen-bond acceptors (Lipinski definition) is 2. The van der Waals surface area contributed by atoms with Crippen molar-refractivity contribution >= 4 is 5.91 Å². The van der Waals surface area contributed by atoms with Gasteiger partial charge in [0.15, 0.2) is 0 Å². The number of hydrogen-bond donors (Lipinski definition) is 0. The first kappa shape index (κ1) is 30.6. The van der Waals surface area contributed by atoms with Gasteiger partial charge in [-0.2, -0.15) is 26.3 Å². The summed E-state index contributed by atoms with van der Waals surface area (Å²) in [4.78, 5) is 17.0. The number of nitrogens with zero attached hydrogens (tertiary/aromatic N) is 2. The van der Waals surface area contributed by atoms with Gasteiger partial charge in [-0.15, -0.1) is 0 Å². The SMILES string of the molecule is CC(C)CN(C[C@@H]1CN(Cc2cccc(C(F)(F)F)c2)C[C@@H]1c1cccc(C(F)(F)F)c1)C(=O)c1ccc(F)cc1. The third-order valence-electron chi connectivity index (χ3n) is 7.24. The van der Waals surface area contributed by atoms with E-state index < -0.39 is 35.2 Å². The minimum atomic E-state index is -4.54. The summed E-state index contributed by atoms with van der Waals surface area (Å²) in [6.07, 6.45) is -9.04. The first-order valence-corrected chi connectivity index (χ1v) is 13.3. The van der Waals surface area contributed by atoms with Gasteiger partial charge < -0.3 is 4.90 Å². The fraction of sp³-hybridized carbons (Fsp3) is 0.387. The summed E-state index contributed by atoms with van der Waals surface area (Å²) in [5.41, 5.74) is -0.374. The van der Waals surface area contributed by atoms with Crippen LogP contribution in [-0.2, 0) is 18.9 Å². The molecule has 0 aromatic heterocycles. The first-order chi connectivity index (χ1) is 19.2. The van der Waals surface area contributed by atoms with E-state index in [-0.39, 0.29) is 30.8 Å². The molecule has 1 saturated heterocycles. The van der Waals surface area contributed by atoms with Gasteiger partial charge in [-0.1, -0.05) is 50.2 Å². The van der Waals surface area contributed by atoms with E-state index in [0.29, 0.717) is 36.3 Å². The Morgan fingerprint density at radius 3 is 2.10 bits per heavy atom. The summed E-state index contributed by atoms with van der Waals surface area (Å²) >= 11 is 0. The average Bonchev–Trinajstić information content (AvgIpc) is 3.29. The van der Waals surface area contributed by atoms with Gasteiger partial charge in [0.05, 0.1) is 11.1 Å². The molecule has 1 aliphatic rings. The molecule has 0 saturated carbocycles. The lowest BCUT2D eigenvalue weighted by atomic mass is 9.87. The van der Waals surface area contributed by atoms with Crippen LogP contribution in [0.2, 0.25) is 0 Å². The van der Waals surface area contributed by atoms with Crippen LogP contribution in [0.15, 0.2) is 72.8 Å². The maximum Gasteiger partial charge on any atom is 0.416 e. The van der Waals surface area contributed by atoms with Gasteiger partial charge >= 0.3 is 12.4 Å². The zero-order valence-electron chi connectivity index (χ0n) is 22.6. The fourth-order valence-electron chi connectivity index (χ4n) is 5.44. The number of amides is 1. The van der Waals surface area contributed by atoms with Crippen LogP contribution in [0.3, 0.4) is 0 Å². The summed E-state index contributed by atoms with van der Waals surface area (Å²) in [5.74, 6) is -1.43. The normalized spacial score (nSPS) is 18.2. The van der Waals surface area contributed by atoms with Crippen molar-refractivity contribution in [2.45, 2.75) is 38.7 Å². The van der Waals surface area contributed by atoms with E-state index in [0.717, 1.165) is 24.3 Å². The van der Waals surface area contributed by atoms with Gasteiger partial charge in [0.1, 0.15) is 5.82 Å². The molecular weight excluding hydrogens is 549 g/mol. The zero-order chi connectivity index (χ0) is 29.9. The standard InChI is InChI=1S/C31H31F7N2O/c1-20(2)15-40(29(41)22-9-11-27(32)12-10-22)18-24-17-39(16-21-5-3-7-25(13-21)30(33,34)35)19-28(24)23-6-4-8-26(14-23)31(36,37)38/h3-14,20,24,28H,15-19H2,1-2H3/t24-,28+/m0/s1. The predicted molar refractivity (Wildman–Crippen MR) is 142 cm³/mol. The van der Waals surface area contributed by atoms with Crippen molar-refractivity contribution in [2.75, 3.05) is 26.2 Å². The lowest BCUT2D eigenvalue weighted by Crippen LogP contribution is -2.39. The molecule has 4 rings (SSSR count). The van der Waals surface area contributed by atoms with Crippen molar-refractivity contribution in [1.82, 2.24) is 9.80 Å². The summed E-state index contributed by atoms with van der Waals surface area (Å²) in [6, 6.07) is 15.2. The Labute approximate surface area is 234 Å². The number of halogens is 7. The Hall–Kier alpha value is -3.40. The van der Waals surface area contributed by atoms with Crippen molar-refractivity contribution in [3.63, 3.8) is 0 Å². The summed E-state index contributed by atoms with van der Waals surface area (Å²) in [6.45, 7) is 5.30. The molecule has 10 heteroatoms. The number of carbonyl (C=O) groups excluding carboxylic acids is 1. The second-order valence-electron chi connectivity index (χ2n) is 11.0. The third kappa shape index (κ3) is 7.87. The van der Waals surface area contributed by atoms with E-state index in [1.165, 1.54) is 36.4 Å². The largest absolute Gasteiger partial charge is 0.416 e. The average molecular weight is 581 g/mol. The van der Waals surface area contributed by atoms with Crippen LogP contribution in [-0.4, -0.2) is 41.9 Å². The molecule has 1 fully saturated rings. The fourth-order valence-corrected chi connectivity index (χ4v) is 5.44. The molecule has 3 aromatic rings. The Morgan fingerprint density at radius 1 is 0.878 bits per heavy atom. The summed E-state index contributed by atoms with van der Waals surface area (Å²) in [7, 11) is 0. The molecule has 0 aliphatic carbocycles. The molecule has 0 N–H and O–H groups in total. The van der Waals surface area contributed by atoms with E-state index in [1.807, 2.05) is 18.7 Å². The van der Waals surface area contributed by atoms with E-state index in [2.05, 4.69) is 0 Å². The number of likely N-dealkylation sites (tertiary alicyclic amines) is 1. The van der Waals surface area contributed by atoms with Crippen LogP contribution in [0, 0.1) is 17.7 Å². The van der Waals surface area contributed by atoms with Crippen LogP contribution in [0.4, 0.5) is 30.7 Å². The lowest BCUT2D eigenvalue weighted by Gasteiger charge is -2.30. The molecule has 3 nitrogen and oxygen atoms in total. The molecule has 1 aliphatic heterocycles. The van der Waals surface area contributed by atoms with Crippen molar-refractivity contribution in [1.29, 1.82) is 0 Å². The third-order valence-corrected chi connectivity index (χ3v) is 7.24. The smallest absolute Gasteiger partial charge is 0.338 e. The van der Waals surface area contributed by atoms with Gasteiger partial charge in [-0.05, 0) is 59.4 Å². The van der Waals surface area contributed by atoms with E-state index in [9.17, 15) is 35.5 Å². The van der Waals surface area contributed by atoms with Crippen LogP contribution < -0.4 is 0 Å². The number of carbonyl (C=O) groups is 1. The second kappa shape index (κ2) is 12.2. The van der Waals surface area contributed by atoms with Gasteiger partial charge in [0, 0.05) is 44.2 Å². The summed E-state index contributed by atoms with van der Waals surface area (Å²) < 4.78 is 94.0. The monoisotopic (exact) mass is 580 g/mol. The number of rotatable bonds is 8. The molecule has 2 atom stereocenters. The zero-order valence-corrected chi connectivity index (χ0v) is 22.6. The van der Waals surface area contributed by atoms with Crippen molar-refractivity contribution < 1.29 is 35.5 Å².